The van der Waals surface area contributed by atoms with E-state index in [4.69, 9.17) is 16.7 Å². The van der Waals surface area contributed by atoms with E-state index in [-0.39, 0.29) is 6.61 Å². The minimum Gasteiger partial charge on any atom is -0.396 e. The molecule has 1 aromatic heterocycles. The molecule has 1 heterocycles. The van der Waals surface area contributed by atoms with E-state index < -0.39 is 0 Å². The van der Waals surface area contributed by atoms with Gasteiger partial charge in [0.25, 0.3) is 0 Å². The van der Waals surface area contributed by atoms with Gasteiger partial charge in [0, 0.05) is 18.0 Å². The van der Waals surface area contributed by atoms with E-state index in [1.807, 2.05) is 0 Å². The molecule has 3 nitrogen and oxygen atoms in total. The van der Waals surface area contributed by atoms with Crippen LogP contribution in [0.15, 0.2) is 11.6 Å². The fraction of sp³-hybridized carbons (Fsp3) is 0.625. The van der Waals surface area contributed by atoms with Crippen LogP contribution < -0.4 is 0 Å². The summed E-state index contributed by atoms with van der Waals surface area (Å²) in [6.07, 6.45) is 5.86. The quantitative estimate of drug-likeness (QED) is 0.684. The molecule has 2 atom stereocenters. The molecule has 1 aromatic rings. The Bertz CT molecular complexity index is 513. The zero-order valence-electron chi connectivity index (χ0n) is 12.5. The first-order valence-electron chi connectivity index (χ1n) is 7.37. The van der Waals surface area contributed by atoms with Crippen LogP contribution in [0.25, 0.3) is 0 Å². The Balaban J connectivity index is 2.38. The normalized spacial score (nSPS) is 20.1. The van der Waals surface area contributed by atoms with Crippen molar-refractivity contribution in [2.24, 2.45) is 11.8 Å². The standard InChI is InChI=1S/C16H23ClN2O/c1-4-14-13-8-10(2)7-12(11(3)5-6-20)9-15(13)19-16(17)18-14/h7,11-12,20H,4-6,8-9H2,1-3H3. The largest absolute Gasteiger partial charge is 0.396 e. The maximum absolute atomic E-state index is 9.16. The molecule has 4 heteroatoms. The highest BCUT2D eigenvalue weighted by molar-refractivity contribution is 6.28. The number of hydrogen-bond acceptors (Lipinski definition) is 3. The molecule has 20 heavy (non-hydrogen) atoms. The number of halogens is 1. The number of aliphatic hydroxyl groups is 1. The predicted molar refractivity (Wildman–Crippen MR) is 81.9 cm³/mol. The van der Waals surface area contributed by atoms with Gasteiger partial charge in [-0.3, -0.25) is 0 Å². The van der Waals surface area contributed by atoms with Gasteiger partial charge in [0.1, 0.15) is 0 Å². The molecule has 2 rings (SSSR count). The average Bonchev–Trinajstić information content (AvgIpc) is 2.56. The molecular weight excluding hydrogens is 272 g/mol. The van der Waals surface area contributed by atoms with E-state index in [0.717, 1.165) is 37.1 Å². The van der Waals surface area contributed by atoms with Gasteiger partial charge >= 0.3 is 0 Å². The number of aromatic nitrogens is 2. The maximum atomic E-state index is 9.16. The lowest BCUT2D eigenvalue weighted by molar-refractivity contribution is 0.242. The van der Waals surface area contributed by atoms with Gasteiger partial charge in [0.05, 0.1) is 0 Å². The molecule has 1 aliphatic rings. The predicted octanol–water partition coefficient (Wildman–Crippen LogP) is 3.37. The fourth-order valence-corrected chi connectivity index (χ4v) is 3.19. The Hall–Kier alpha value is -0.930. The zero-order valence-corrected chi connectivity index (χ0v) is 13.2. The van der Waals surface area contributed by atoms with Gasteiger partial charge in [0.2, 0.25) is 5.28 Å². The summed E-state index contributed by atoms with van der Waals surface area (Å²) in [5, 5.41) is 9.51. The number of nitrogens with zero attached hydrogens (tertiary/aromatic N) is 2. The molecule has 0 saturated carbocycles. The highest BCUT2D eigenvalue weighted by Crippen LogP contribution is 2.30. The monoisotopic (exact) mass is 294 g/mol. The lowest BCUT2D eigenvalue weighted by atomic mass is 9.87. The van der Waals surface area contributed by atoms with Crippen LogP contribution in [0.1, 0.15) is 44.1 Å². The van der Waals surface area contributed by atoms with Crippen LogP contribution in [0, 0.1) is 11.8 Å². The van der Waals surface area contributed by atoms with Crippen molar-refractivity contribution in [2.75, 3.05) is 6.61 Å². The third kappa shape index (κ3) is 3.39. The average molecular weight is 295 g/mol. The Kier molecular flexibility index (Phi) is 5.17. The molecule has 0 aliphatic heterocycles. The summed E-state index contributed by atoms with van der Waals surface area (Å²) >= 11 is 6.06. The Labute approximate surface area is 126 Å². The minimum atomic E-state index is 0.238. The summed E-state index contributed by atoms with van der Waals surface area (Å²) in [7, 11) is 0. The molecule has 0 amide bonds. The van der Waals surface area contributed by atoms with Crippen LogP contribution >= 0.6 is 11.6 Å². The smallest absolute Gasteiger partial charge is 0.222 e. The summed E-state index contributed by atoms with van der Waals surface area (Å²) in [5.74, 6) is 0.860. The molecule has 1 N–H and O–H groups in total. The van der Waals surface area contributed by atoms with Crippen molar-refractivity contribution in [1.29, 1.82) is 0 Å². The molecular formula is C16H23ClN2O. The maximum Gasteiger partial charge on any atom is 0.222 e. The lowest BCUT2D eigenvalue weighted by Crippen LogP contribution is -2.15. The summed E-state index contributed by atoms with van der Waals surface area (Å²) < 4.78 is 0. The van der Waals surface area contributed by atoms with Gasteiger partial charge in [-0.1, -0.05) is 25.5 Å². The van der Waals surface area contributed by atoms with Crippen LogP contribution in [-0.2, 0) is 19.3 Å². The van der Waals surface area contributed by atoms with Crippen LogP contribution in [-0.4, -0.2) is 21.7 Å². The van der Waals surface area contributed by atoms with E-state index in [1.54, 1.807) is 0 Å². The number of fused-ring (bicyclic) bond motifs is 1. The summed E-state index contributed by atoms with van der Waals surface area (Å²) in [6, 6.07) is 0. The van der Waals surface area contributed by atoms with Crippen molar-refractivity contribution in [3.05, 3.63) is 33.9 Å². The van der Waals surface area contributed by atoms with E-state index in [0.29, 0.717) is 17.1 Å². The minimum absolute atomic E-state index is 0.238. The second-order valence-electron chi connectivity index (χ2n) is 5.77. The highest BCUT2D eigenvalue weighted by atomic mass is 35.5. The van der Waals surface area contributed by atoms with Crippen LogP contribution in [0.4, 0.5) is 0 Å². The van der Waals surface area contributed by atoms with Crippen molar-refractivity contribution in [3.63, 3.8) is 0 Å². The molecule has 0 saturated heterocycles. The van der Waals surface area contributed by atoms with E-state index in [9.17, 15) is 0 Å². The number of rotatable bonds is 4. The van der Waals surface area contributed by atoms with Crippen molar-refractivity contribution in [1.82, 2.24) is 9.97 Å². The van der Waals surface area contributed by atoms with E-state index in [2.05, 4.69) is 36.8 Å². The number of aryl methyl sites for hydroxylation is 1. The van der Waals surface area contributed by atoms with Crippen LogP contribution in [0.3, 0.4) is 0 Å². The SMILES string of the molecule is CCc1nc(Cl)nc2c1CC(C)=CC(C(C)CCO)C2. The van der Waals surface area contributed by atoms with Crippen LogP contribution in [0.5, 0.6) is 0 Å². The van der Waals surface area contributed by atoms with Crippen molar-refractivity contribution in [2.45, 2.75) is 46.5 Å². The van der Waals surface area contributed by atoms with Crippen molar-refractivity contribution in [3.8, 4) is 0 Å². The lowest BCUT2D eigenvalue weighted by Gasteiger charge is -2.20. The molecule has 0 radical (unpaired) electrons. The molecule has 0 fully saturated rings. The number of hydrogen-bond donors (Lipinski definition) is 1. The van der Waals surface area contributed by atoms with Crippen LogP contribution in [0.2, 0.25) is 5.28 Å². The number of aliphatic hydroxyl groups excluding tert-OH is 1. The zero-order chi connectivity index (χ0) is 14.7. The summed E-state index contributed by atoms with van der Waals surface area (Å²) in [4.78, 5) is 8.84. The topological polar surface area (TPSA) is 46.0 Å². The molecule has 0 aromatic carbocycles. The summed E-state index contributed by atoms with van der Waals surface area (Å²) in [5.41, 5.74) is 4.77. The van der Waals surface area contributed by atoms with Gasteiger partial charge in [-0.2, -0.15) is 0 Å². The summed E-state index contributed by atoms with van der Waals surface area (Å²) in [6.45, 7) is 6.71. The first kappa shape index (κ1) is 15.5. The van der Waals surface area contributed by atoms with Gasteiger partial charge < -0.3 is 5.11 Å². The van der Waals surface area contributed by atoms with E-state index >= 15 is 0 Å². The Morgan fingerprint density at radius 1 is 1.45 bits per heavy atom. The third-order valence-corrected chi connectivity index (χ3v) is 4.35. The van der Waals surface area contributed by atoms with Gasteiger partial charge in [-0.05, 0) is 61.6 Å². The molecule has 0 bridgehead atoms. The first-order chi connectivity index (χ1) is 9.55. The highest BCUT2D eigenvalue weighted by Gasteiger charge is 2.23. The first-order valence-corrected chi connectivity index (χ1v) is 7.75. The molecule has 0 spiro atoms. The fourth-order valence-electron chi connectivity index (χ4n) is 2.98. The Morgan fingerprint density at radius 2 is 2.20 bits per heavy atom. The van der Waals surface area contributed by atoms with E-state index in [1.165, 1.54) is 11.1 Å². The molecule has 2 unspecified atom stereocenters. The molecule has 110 valence electrons. The Morgan fingerprint density at radius 3 is 2.85 bits per heavy atom. The van der Waals surface area contributed by atoms with Gasteiger partial charge in [-0.25, -0.2) is 9.97 Å². The number of allylic oxidation sites excluding steroid dienone is 2. The van der Waals surface area contributed by atoms with Gasteiger partial charge in [0.15, 0.2) is 0 Å². The van der Waals surface area contributed by atoms with Crippen molar-refractivity contribution < 1.29 is 5.11 Å². The second-order valence-corrected chi connectivity index (χ2v) is 6.10. The van der Waals surface area contributed by atoms with Gasteiger partial charge in [-0.15, -0.1) is 0 Å². The van der Waals surface area contributed by atoms with Crippen molar-refractivity contribution >= 4 is 11.6 Å². The third-order valence-electron chi connectivity index (χ3n) is 4.18. The second kappa shape index (κ2) is 6.68. The molecule has 1 aliphatic carbocycles.